The molecule has 0 saturated carbocycles. The van der Waals surface area contributed by atoms with Crippen LogP contribution < -0.4 is 0 Å². The minimum absolute atomic E-state index is 0.0334. The molecule has 1 fully saturated rings. The zero-order valence-corrected chi connectivity index (χ0v) is 7.47. The third-order valence-electron chi connectivity index (χ3n) is 2.63. The fraction of sp³-hybridized carbons (Fsp3) is 1.00. The molecule has 1 aliphatic heterocycles. The molecule has 0 spiro atoms. The van der Waals surface area contributed by atoms with Crippen LogP contribution in [0.15, 0.2) is 0 Å². The first-order valence-corrected chi connectivity index (χ1v) is 4.49. The monoisotopic (exact) mass is 158 g/mol. The lowest BCUT2D eigenvalue weighted by molar-refractivity contribution is -0.133. The predicted octanol–water partition coefficient (Wildman–Crippen LogP) is 1.72. The molecule has 0 bridgehead atoms. The van der Waals surface area contributed by atoms with Crippen molar-refractivity contribution in [1.29, 1.82) is 0 Å². The Morgan fingerprint density at radius 3 is 2.91 bits per heavy atom. The molecule has 1 N–H and O–H groups in total. The lowest BCUT2D eigenvalue weighted by atomic mass is 9.91. The molecule has 1 heterocycles. The van der Waals surface area contributed by atoms with Crippen LogP contribution >= 0.6 is 0 Å². The highest BCUT2D eigenvalue weighted by Crippen LogP contribution is 2.30. The SMILES string of the molecule is CCC1(C)CCCC(CO)O1. The van der Waals surface area contributed by atoms with Gasteiger partial charge >= 0.3 is 0 Å². The van der Waals surface area contributed by atoms with Crippen LogP contribution in [0, 0.1) is 0 Å². The Labute approximate surface area is 68.6 Å². The van der Waals surface area contributed by atoms with Gasteiger partial charge in [-0.3, -0.25) is 0 Å². The molecule has 0 radical (unpaired) electrons. The molecule has 2 atom stereocenters. The maximum atomic E-state index is 8.89. The van der Waals surface area contributed by atoms with Gasteiger partial charge in [0.1, 0.15) is 0 Å². The van der Waals surface area contributed by atoms with E-state index in [1.165, 1.54) is 6.42 Å². The summed E-state index contributed by atoms with van der Waals surface area (Å²) in [5.74, 6) is 0. The Morgan fingerprint density at radius 2 is 2.36 bits per heavy atom. The van der Waals surface area contributed by atoms with Gasteiger partial charge < -0.3 is 9.84 Å². The topological polar surface area (TPSA) is 29.5 Å². The minimum Gasteiger partial charge on any atom is -0.394 e. The predicted molar refractivity (Wildman–Crippen MR) is 44.5 cm³/mol. The quantitative estimate of drug-likeness (QED) is 0.663. The second-order valence-electron chi connectivity index (χ2n) is 3.62. The van der Waals surface area contributed by atoms with Crippen molar-refractivity contribution in [2.24, 2.45) is 0 Å². The Balaban J connectivity index is 2.44. The summed E-state index contributed by atoms with van der Waals surface area (Å²) in [7, 11) is 0. The summed E-state index contributed by atoms with van der Waals surface area (Å²) < 4.78 is 5.72. The first-order valence-electron chi connectivity index (χ1n) is 4.49. The molecule has 0 amide bonds. The number of ether oxygens (including phenoxy) is 1. The summed E-state index contributed by atoms with van der Waals surface area (Å²) >= 11 is 0. The molecule has 2 nitrogen and oxygen atoms in total. The molecule has 66 valence electrons. The van der Waals surface area contributed by atoms with Gasteiger partial charge in [0.2, 0.25) is 0 Å². The summed E-state index contributed by atoms with van der Waals surface area (Å²) in [5, 5.41) is 8.89. The number of aliphatic hydroxyl groups excluding tert-OH is 1. The van der Waals surface area contributed by atoms with E-state index in [4.69, 9.17) is 9.84 Å². The Morgan fingerprint density at radius 1 is 1.64 bits per heavy atom. The summed E-state index contributed by atoms with van der Waals surface area (Å²) in [6.45, 7) is 4.45. The second kappa shape index (κ2) is 3.55. The molecule has 2 unspecified atom stereocenters. The third kappa shape index (κ3) is 2.17. The van der Waals surface area contributed by atoms with Crippen LogP contribution in [0.3, 0.4) is 0 Å². The van der Waals surface area contributed by atoms with Crippen LogP contribution in [-0.2, 0) is 4.74 Å². The molecule has 0 aromatic heterocycles. The van der Waals surface area contributed by atoms with Crippen LogP contribution in [0.25, 0.3) is 0 Å². The van der Waals surface area contributed by atoms with E-state index in [0.29, 0.717) is 0 Å². The van der Waals surface area contributed by atoms with Crippen molar-refractivity contribution >= 4 is 0 Å². The minimum atomic E-state index is 0.0334. The average Bonchev–Trinajstić information content (AvgIpc) is 2.05. The van der Waals surface area contributed by atoms with Crippen molar-refractivity contribution in [3.63, 3.8) is 0 Å². The zero-order chi connectivity index (χ0) is 8.32. The zero-order valence-electron chi connectivity index (χ0n) is 7.47. The van der Waals surface area contributed by atoms with Crippen molar-refractivity contribution in [1.82, 2.24) is 0 Å². The molecule has 1 saturated heterocycles. The maximum Gasteiger partial charge on any atom is 0.0813 e. The normalized spacial score (nSPS) is 39.0. The Hall–Kier alpha value is -0.0800. The van der Waals surface area contributed by atoms with Crippen molar-refractivity contribution in [3.05, 3.63) is 0 Å². The van der Waals surface area contributed by atoms with E-state index in [-0.39, 0.29) is 18.3 Å². The molecule has 11 heavy (non-hydrogen) atoms. The lowest BCUT2D eigenvalue weighted by Crippen LogP contribution is -2.38. The van der Waals surface area contributed by atoms with Gasteiger partial charge in [-0.25, -0.2) is 0 Å². The van der Waals surface area contributed by atoms with Crippen molar-refractivity contribution in [3.8, 4) is 0 Å². The van der Waals surface area contributed by atoms with Crippen molar-refractivity contribution in [2.45, 2.75) is 51.2 Å². The number of aliphatic hydroxyl groups is 1. The fourth-order valence-corrected chi connectivity index (χ4v) is 1.61. The first-order chi connectivity index (χ1) is 5.20. The highest BCUT2D eigenvalue weighted by molar-refractivity contribution is 4.80. The summed E-state index contributed by atoms with van der Waals surface area (Å²) in [6.07, 6.45) is 4.49. The van der Waals surface area contributed by atoms with Crippen LogP contribution in [0.5, 0.6) is 0 Å². The van der Waals surface area contributed by atoms with E-state index in [9.17, 15) is 0 Å². The molecule has 0 aromatic rings. The molecule has 1 aliphatic rings. The molecular formula is C9H18O2. The standard InChI is InChI=1S/C9H18O2/c1-3-9(2)6-4-5-8(7-10)11-9/h8,10H,3-7H2,1-2H3. The van der Waals surface area contributed by atoms with Gasteiger partial charge in [0.05, 0.1) is 18.3 Å². The molecule has 1 rings (SSSR count). The third-order valence-corrected chi connectivity index (χ3v) is 2.63. The average molecular weight is 158 g/mol. The van der Waals surface area contributed by atoms with Crippen LogP contribution in [0.1, 0.15) is 39.5 Å². The lowest BCUT2D eigenvalue weighted by Gasteiger charge is -2.37. The fourth-order valence-electron chi connectivity index (χ4n) is 1.61. The number of rotatable bonds is 2. The van der Waals surface area contributed by atoms with Gasteiger partial charge in [0.15, 0.2) is 0 Å². The highest BCUT2D eigenvalue weighted by Gasteiger charge is 2.30. The molecule has 0 aromatic carbocycles. The van der Waals surface area contributed by atoms with E-state index in [0.717, 1.165) is 19.3 Å². The van der Waals surface area contributed by atoms with Crippen LogP contribution in [0.4, 0.5) is 0 Å². The summed E-state index contributed by atoms with van der Waals surface area (Å²) in [6, 6.07) is 0. The maximum absolute atomic E-state index is 8.89. The molecule has 0 aliphatic carbocycles. The number of hydrogen-bond donors (Lipinski definition) is 1. The molecular weight excluding hydrogens is 140 g/mol. The van der Waals surface area contributed by atoms with E-state index in [1.807, 2.05) is 0 Å². The van der Waals surface area contributed by atoms with Crippen molar-refractivity contribution in [2.75, 3.05) is 6.61 Å². The number of hydrogen-bond acceptors (Lipinski definition) is 2. The van der Waals surface area contributed by atoms with Gasteiger partial charge in [0, 0.05) is 0 Å². The largest absolute Gasteiger partial charge is 0.394 e. The highest BCUT2D eigenvalue weighted by atomic mass is 16.5. The summed E-state index contributed by atoms with van der Waals surface area (Å²) in [5.41, 5.74) is 0.0334. The van der Waals surface area contributed by atoms with E-state index in [2.05, 4.69) is 13.8 Å². The van der Waals surface area contributed by atoms with E-state index in [1.54, 1.807) is 0 Å². The van der Waals surface area contributed by atoms with E-state index >= 15 is 0 Å². The first kappa shape index (κ1) is 9.01. The Bertz CT molecular complexity index is 125. The van der Waals surface area contributed by atoms with Gasteiger partial charge in [-0.15, -0.1) is 0 Å². The smallest absolute Gasteiger partial charge is 0.0813 e. The Kier molecular flexibility index (Phi) is 2.90. The van der Waals surface area contributed by atoms with E-state index < -0.39 is 0 Å². The van der Waals surface area contributed by atoms with Crippen molar-refractivity contribution < 1.29 is 9.84 Å². The summed E-state index contributed by atoms with van der Waals surface area (Å²) in [4.78, 5) is 0. The van der Waals surface area contributed by atoms with Crippen LogP contribution in [-0.4, -0.2) is 23.4 Å². The molecule has 2 heteroatoms. The van der Waals surface area contributed by atoms with Crippen LogP contribution in [0.2, 0.25) is 0 Å². The van der Waals surface area contributed by atoms with Gasteiger partial charge in [-0.05, 0) is 32.6 Å². The van der Waals surface area contributed by atoms with Gasteiger partial charge in [0.25, 0.3) is 0 Å². The van der Waals surface area contributed by atoms with Gasteiger partial charge in [-0.1, -0.05) is 6.92 Å². The second-order valence-corrected chi connectivity index (χ2v) is 3.62. The van der Waals surface area contributed by atoms with Gasteiger partial charge in [-0.2, -0.15) is 0 Å².